The van der Waals surface area contributed by atoms with Crippen LogP contribution >= 0.6 is 43.5 Å². The van der Waals surface area contributed by atoms with Crippen LogP contribution in [0.3, 0.4) is 0 Å². The molecule has 20 heavy (non-hydrogen) atoms. The molecule has 0 aliphatic rings. The van der Waals surface area contributed by atoms with Crippen molar-refractivity contribution in [3.63, 3.8) is 0 Å². The van der Waals surface area contributed by atoms with Crippen molar-refractivity contribution in [3.05, 3.63) is 55.7 Å². The van der Waals surface area contributed by atoms with Gasteiger partial charge in [-0.05, 0) is 62.2 Å². The third-order valence-corrected chi connectivity index (χ3v) is 3.96. The first-order chi connectivity index (χ1) is 9.38. The SMILES string of the molecule is Nc1cc(Br)c(NC(=O)c2ccc(Cl)cc2F)c(Br)c1. The van der Waals surface area contributed by atoms with E-state index in [0.29, 0.717) is 20.3 Å². The molecule has 2 aromatic rings. The van der Waals surface area contributed by atoms with E-state index >= 15 is 0 Å². The van der Waals surface area contributed by atoms with Crippen molar-refractivity contribution >= 4 is 60.7 Å². The zero-order chi connectivity index (χ0) is 14.9. The predicted molar refractivity (Wildman–Crippen MR) is 85.6 cm³/mol. The third-order valence-electron chi connectivity index (χ3n) is 2.48. The minimum absolute atomic E-state index is 0.0926. The molecule has 2 rings (SSSR count). The van der Waals surface area contributed by atoms with E-state index in [-0.39, 0.29) is 10.6 Å². The third kappa shape index (κ3) is 3.31. The van der Waals surface area contributed by atoms with Gasteiger partial charge in [-0.3, -0.25) is 4.79 Å². The van der Waals surface area contributed by atoms with E-state index in [9.17, 15) is 9.18 Å². The summed E-state index contributed by atoms with van der Waals surface area (Å²) in [4.78, 5) is 12.1. The quantitative estimate of drug-likeness (QED) is 0.681. The molecular weight excluding hydrogens is 414 g/mol. The lowest BCUT2D eigenvalue weighted by Gasteiger charge is -2.11. The highest BCUT2D eigenvalue weighted by Crippen LogP contribution is 2.33. The van der Waals surface area contributed by atoms with Crippen LogP contribution < -0.4 is 11.1 Å². The van der Waals surface area contributed by atoms with Gasteiger partial charge >= 0.3 is 0 Å². The number of carbonyl (C=O) groups excluding carboxylic acids is 1. The largest absolute Gasteiger partial charge is 0.399 e. The molecule has 0 saturated carbocycles. The number of hydrogen-bond donors (Lipinski definition) is 2. The fraction of sp³-hybridized carbons (Fsp3) is 0. The molecule has 0 bridgehead atoms. The smallest absolute Gasteiger partial charge is 0.258 e. The van der Waals surface area contributed by atoms with Crippen LogP contribution in [0, 0.1) is 5.82 Å². The Hall–Kier alpha value is -1.11. The standard InChI is InChI=1S/C13H8Br2ClFN2O/c14-9-4-7(18)5-10(15)12(9)19-13(20)8-2-1-6(16)3-11(8)17/h1-5H,18H2,(H,19,20). The average molecular weight is 422 g/mol. The molecule has 2 aromatic carbocycles. The van der Waals surface area contributed by atoms with E-state index in [4.69, 9.17) is 17.3 Å². The van der Waals surface area contributed by atoms with Crippen molar-refractivity contribution in [1.29, 1.82) is 0 Å². The number of rotatable bonds is 2. The summed E-state index contributed by atoms with van der Waals surface area (Å²) in [5.74, 6) is -1.26. The van der Waals surface area contributed by atoms with Crippen LogP contribution in [0.1, 0.15) is 10.4 Å². The van der Waals surface area contributed by atoms with Crippen molar-refractivity contribution < 1.29 is 9.18 Å². The number of nitrogen functional groups attached to an aromatic ring is 1. The molecule has 0 atom stereocenters. The van der Waals surface area contributed by atoms with Gasteiger partial charge in [0.25, 0.3) is 5.91 Å². The highest BCUT2D eigenvalue weighted by molar-refractivity contribution is 9.11. The summed E-state index contributed by atoms with van der Waals surface area (Å²) in [7, 11) is 0. The number of anilines is 2. The Labute approximate surface area is 136 Å². The van der Waals surface area contributed by atoms with E-state index < -0.39 is 11.7 Å². The van der Waals surface area contributed by atoms with Crippen LogP contribution in [0.4, 0.5) is 15.8 Å². The number of nitrogens with two attached hydrogens (primary N) is 1. The van der Waals surface area contributed by atoms with Gasteiger partial charge in [0, 0.05) is 19.7 Å². The van der Waals surface area contributed by atoms with Gasteiger partial charge in [-0.2, -0.15) is 0 Å². The molecule has 0 saturated heterocycles. The van der Waals surface area contributed by atoms with Crippen molar-refractivity contribution in [3.8, 4) is 0 Å². The number of halogens is 4. The van der Waals surface area contributed by atoms with Gasteiger partial charge in [-0.1, -0.05) is 11.6 Å². The van der Waals surface area contributed by atoms with E-state index in [0.717, 1.165) is 6.07 Å². The second kappa shape index (κ2) is 6.11. The van der Waals surface area contributed by atoms with Gasteiger partial charge in [0.05, 0.1) is 11.3 Å². The van der Waals surface area contributed by atoms with Gasteiger partial charge in [0.1, 0.15) is 5.82 Å². The Morgan fingerprint density at radius 3 is 2.35 bits per heavy atom. The fourth-order valence-corrected chi connectivity index (χ4v) is 3.15. The maximum atomic E-state index is 13.7. The molecule has 7 heteroatoms. The van der Waals surface area contributed by atoms with Crippen molar-refractivity contribution in [2.24, 2.45) is 0 Å². The zero-order valence-corrected chi connectivity index (χ0v) is 13.8. The number of nitrogens with one attached hydrogen (secondary N) is 1. The molecule has 0 aliphatic heterocycles. The van der Waals surface area contributed by atoms with Gasteiger partial charge in [-0.25, -0.2) is 4.39 Å². The summed E-state index contributed by atoms with van der Waals surface area (Å²) >= 11 is 12.2. The molecule has 104 valence electrons. The van der Waals surface area contributed by atoms with Gasteiger partial charge < -0.3 is 11.1 Å². The lowest BCUT2D eigenvalue weighted by Crippen LogP contribution is -2.14. The zero-order valence-electron chi connectivity index (χ0n) is 9.88. The topological polar surface area (TPSA) is 55.1 Å². The molecular formula is C13H8Br2ClFN2O. The van der Waals surface area contributed by atoms with E-state index in [1.54, 1.807) is 12.1 Å². The molecule has 0 aliphatic carbocycles. The summed E-state index contributed by atoms with van der Waals surface area (Å²) < 4.78 is 14.9. The molecule has 3 N–H and O–H groups in total. The highest BCUT2D eigenvalue weighted by atomic mass is 79.9. The van der Waals surface area contributed by atoms with Crippen LogP contribution in [0.2, 0.25) is 5.02 Å². The molecule has 0 heterocycles. The normalized spacial score (nSPS) is 10.4. The second-order valence-corrected chi connectivity index (χ2v) is 6.08. The number of amides is 1. The molecule has 1 amide bonds. The Kier molecular flexibility index (Phi) is 4.67. The first-order valence-corrected chi connectivity index (χ1v) is 7.36. The Morgan fingerprint density at radius 2 is 1.80 bits per heavy atom. The number of benzene rings is 2. The minimum atomic E-state index is -0.683. The highest BCUT2D eigenvalue weighted by Gasteiger charge is 2.15. The minimum Gasteiger partial charge on any atom is -0.399 e. The maximum absolute atomic E-state index is 13.7. The van der Waals surface area contributed by atoms with Crippen molar-refractivity contribution in [2.75, 3.05) is 11.1 Å². The van der Waals surface area contributed by atoms with Crippen LogP contribution in [0.25, 0.3) is 0 Å². The predicted octanol–water partition coefficient (Wildman–Crippen LogP) is 4.84. The van der Waals surface area contributed by atoms with Crippen LogP contribution in [-0.2, 0) is 0 Å². The number of hydrogen-bond acceptors (Lipinski definition) is 2. The first-order valence-electron chi connectivity index (χ1n) is 5.39. The van der Waals surface area contributed by atoms with Crippen molar-refractivity contribution in [2.45, 2.75) is 0 Å². The first kappa shape index (κ1) is 15.3. The Bertz CT molecular complexity index is 671. The second-order valence-electron chi connectivity index (χ2n) is 3.94. The molecule has 0 unspecified atom stereocenters. The van der Waals surface area contributed by atoms with E-state index in [1.165, 1.54) is 12.1 Å². The lowest BCUT2D eigenvalue weighted by atomic mass is 10.2. The van der Waals surface area contributed by atoms with E-state index in [1.807, 2.05) is 0 Å². The average Bonchev–Trinajstić information content (AvgIpc) is 2.33. The van der Waals surface area contributed by atoms with Crippen LogP contribution in [0.15, 0.2) is 39.3 Å². The van der Waals surface area contributed by atoms with E-state index in [2.05, 4.69) is 37.2 Å². The summed E-state index contributed by atoms with van der Waals surface area (Å²) in [5.41, 5.74) is 6.57. The summed E-state index contributed by atoms with van der Waals surface area (Å²) in [5, 5.41) is 2.84. The molecule has 0 radical (unpaired) electrons. The molecule has 0 aromatic heterocycles. The molecule has 0 fully saturated rings. The monoisotopic (exact) mass is 420 g/mol. The summed E-state index contributed by atoms with van der Waals surface area (Å²) in [6.07, 6.45) is 0. The van der Waals surface area contributed by atoms with Crippen molar-refractivity contribution in [1.82, 2.24) is 0 Å². The van der Waals surface area contributed by atoms with Crippen LogP contribution in [-0.4, -0.2) is 5.91 Å². The Balaban J connectivity index is 2.33. The molecule has 0 spiro atoms. The van der Waals surface area contributed by atoms with Gasteiger partial charge in [-0.15, -0.1) is 0 Å². The lowest BCUT2D eigenvalue weighted by molar-refractivity contribution is 0.102. The summed E-state index contributed by atoms with van der Waals surface area (Å²) in [6.45, 7) is 0. The number of carbonyl (C=O) groups is 1. The van der Waals surface area contributed by atoms with Gasteiger partial charge in [0.2, 0.25) is 0 Å². The van der Waals surface area contributed by atoms with Crippen LogP contribution in [0.5, 0.6) is 0 Å². The maximum Gasteiger partial charge on any atom is 0.258 e. The molecule has 3 nitrogen and oxygen atoms in total. The fourth-order valence-electron chi connectivity index (χ4n) is 1.57. The summed E-state index contributed by atoms with van der Waals surface area (Å²) in [6, 6.07) is 7.14. The Morgan fingerprint density at radius 1 is 1.20 bits per heavy atom. The van der Waals surface area contributed by atoms with Gasteiger partial charge in [0.15, 0.2) is 0 Å².